The van der Waals surface area contributed by atoms with Crippen molar-refractivity contribution in [2.45, 2.75) is 12.5 Å². The van der Waals surface area contributed by atoms with Crippen molar-refractivity contribution >= 4 is 11.7 Å². The molecule has 1 fully saturated rings. The molecule has 3 rings (SSSR count). The predicted octanol–water partition coefficient (Wildman–Crippen LogP) is 0.653. The highest BCUT2D eigenvalue weighted by Gasteiger charge is 2.30. The average molecular weight is 264 g/mol. The summed E-state index contributed by atoms with van der Waals surface area (Å²) in [5, 5.41) is 9.15. The number of hydrogen-bond donors (Lipinski definition) is 2. The number of ether oxygens (including phenoxy) is 2. The Morgan fingerprint density at radius 1 is 1.32 bits per heavy atom. The van der Waals surface area contributed by atoms with Crippen LogP contribution >= 0.6 is 0 Å². The Morgan fingerprint density at radius 3 is 2.89 bits per heavy atom. The van der Waals surface area contributed by atoms with E-state index in [1.807, 2.05) is 23.1 Å². The molecule has 2 heterocycles. The van der Waals surface area contributed by atoms with Gasteiger partial charge in [-0.15, -0.1) is 0 Å². The van der Waals surface area contributed by atoms with Crippen molar-refractivity contribution in [3.05, 3.63) is 18.2 Å². The number of benzene rings is 1. The van der Waals surface area contributed by atoms with Crippen LogP contribution in [-0.4, -0.2) is 37.0 Å². The molecule has 0 bridgehead atoms. The molecule has 2 aliphatic heterocycles. The first kappa shape index (κ1) is 12.1. The zero-order valence-electron chi connectivity index (χ0n) is 10.4. The molecule has 2 aliphatic rings. The van der Waals surface area contributed by atoms with E-state index in [2.05, 4.69) is 0 Å². The SMILES string of the molecule is NC1CC(C(=O)O)CN(c2ccc3c(c2)OCO3)C1. The molecule has 0 radical (unpaired) electrons. The van der Waals surface area contributed by atoms with Crippen molar-refractivity contribution in [2.75, 3.05) is 24.8 Å². The molecule has 1 saturated heterocycles. The molecule has 0 amide bonds. The fourth-order valence-corrected chi connectivity index (χ4v) is 2.61. The van der Waals surface area contributed by atoms with Crippen LogP contribution < -0.4 is 20.1 Å². The molecular weight excluding hydrogens is 248 g/mol. The third-order valence-corrected chi connectivity index (χ3v) is 3.55. The van der Waals surface area contributed by atoms with Gasteiger partial charge in [0.1, 0.15) is 0 Å². The number of aliphatic carboxylic acids is 1. The summed E-state index contributed by atoms with van der Waals surface area (Å²) in [6, 6.07) is 5.50. The van der Waals surface area contributed by atoms with Gasteiger partial charge in [-0.2, -0.15) is 0 Å². The molecule has 6 nitrogen and oxygen atoms in total. The Balaban J connectivity index is 1.82. The summed E-state index contributed by atoms with van der Waals surface area (Å²) in [6.07, 6.45) is 0.524. The summed E-state index contributed by atoms with van der Waals surface area (Å²) in [7, 11) is 0. The maximum atomic E-state index is 11.1. The fraction of sp³-hybridized carbons (Fsp3) is 0.462. The van der Waals surface area contributed by atoms with Gasteiger partial charge in [-0.25, -0.2) is 0 Å². The first-order valence-corrected chi connectivity index (χ1v) is 6.26. The lowest BCUT2D eigenvalue weighted by atomic mass is 9.94. The summed E-state index contributed by atoms with van der Waals surface area (Å²) in [6.45, 7) is 1.36. The Morgan fingerprint density at radius 2 is 2.11 bits per heavy atom. The van der Waals surface area contributed by atoms with Crippen LogP contribution in [0.3, 0.4) is 0 Å². The minimum absolute atomic E-state index is 0.125. The van der Waals surface area contributed by atoms with E-state index < -0.39 is 11.9 Å². The number of piperidine rings is 1. The highest BCUT2D eigenvalue weighted by atomic mass is 16.7. The number of nitrogens with two attached hydrogens (primary N) is 1. The molecule has 2 unspecified atom stereocenters. The second kappa shape index (κ2) is 4.62. The van der Waals surface area contributed by atoms with Gasteiger partial charge in [0.25, 0.3) is 0 Å². The first-order chi connectivity index (χ1) is 9.13. The van der Waals surface area contributed by atoms with Crippen LogP contribution in [0, 0.1) is 5.92 Å². The number of carboxylic acid groups (broad SMARTS) is 1. The maximum Gasteiger partial charge on any atom is 0.308 e. The van der Waals surface area contributed by atoms with Crippen LogP contribution in [0.25, 0.3) is 0 Å². The molecule has 0 saturated carbocycles. The van der Waals surface area contributed by atoms with Crippen LogP contribution in [0.15, 0.2) is 18.2 Å². The maximum absolute atomic E-state index is 11.1. The van der Waals surface area contributed by atoms with Gasteiger partial charge in [0, 0.05) is 30.9 Å². The van der Waals surface area contributed by atoms with Crippen molar-refractivity contribution in [3.63, 3.8) is 0 Å². The quantitative estimate of drug-likeness (QED) is 0.816. The molecule has 1 aromatic rings. The standard InChI is InChI=1S/C13H16N2O4/c14-9-3-8(13(16)17)5-15(6-9)10-1-2-11-12(4-10)19-7-18-11/h1-2,4,8-9H,3,5-7,14H2,(H,16,17). The zero-order valence-corrected chi connectivity index (χ0v) is 10.4. The van der Waals surface area contributed by atoms with Crippen molar-refractivity contribution in [3.8, 4) is 11.5 Å². The Bertz CT molecular complexity index is 505. The average Bonchev–Trinajstić information content (AvgIpc) is 2.85. The molecule has 102 valence electrons. The lowest BCUT2D eigenvalue weighted by Crippen LogP contribution is -2.49. The summed E-state index contributed by atoms with van der Waals surface area (Å²) in [5.74, 6) is 0.207. The van der Waals surface area contributed by atoms with E-state index in [1.165, 1.54) is 0 Å². The molecule has 1 aromatic carbocycles. The van der Waals surface area contributed by atoms with Crippen LogP contribution in [0.2, 0.25) is 0 Å². The van der Waals surface area contributed by atoms with Gasteiger partial charge in [-0.05, 0) is 18.6 Å². The number of carbonyl (C=O) groups is 1. The van der Waals surface area contributed by atoms with E-state index in [9.17, 15) is 4.79 Å². The van der Waals surface area contributed by atoms with Gasteiger partial charge in [0.15, 0.2) is 11.5 Å². The first-order valence-electron chi connectivity index (χ1n) is 6.26. The Kier molecular flexibility index (Phi) is 2.94. The van der Waals surface area contributed by atoms with E-state index in [0.29, 0.717) is 25.3 Å². The lowest BCUT2D eigenvalue weighted by molar-refractivity contribution is -0.142. The summed E-state index contributed by atoms with van der Waals surface area (Å²) >= 11 is 0. The summed E-state index contributed by atoms with van der Waals surface area (Å²) in [4.78, 5) is 13.1. The third-order valence-electron chi connectivity index (χ3n) is 3.55. The van der Waals surface area contributed by atoms with Crippen molar-refractivity contribution in [1.82, 2.24) is 0 Å². The molecular formula is C13H16N2O4. The van der Waals surface area contributed by atoms with Crippen LogP contribution in [-0.2, 0) is 4.79 Å². The number of fused-ring (bicyclic) bond motifs is 1. The number of anilines is 1. The molecule has 2 atom stereocenters. The zero-order chi connectivity index (χ0) is 13.4. The number of rotatable bonds is 2. The van der Waals surface area contributed by atoms with E-state index >= 15 is 0 Å². The largest absolute Gasteiger partial charge is 0.481 e. The minimum Gasteiger partial charge on any atom is -0.481 e. The molecule has 19 heavy (non-hydrogen) atoms. The second-order valence-electron chi connectivity index (χ2n) is 4.97. The topological polar surface area (TPSA) is 85.0 Å². The number of carboxylic acids is 1. The van der Waals surface area contributed by atoms with Crippen molar-refractivity contribution < 1.29 is 19.4 Å². The molecule has 0 spiro atoms. The Labute approximate surface area is 110 Å². The van der Waals surface area contributed by atoms with E-state index in [0.717, 1.165) is 11.4 Å². The fourth-order valence-electron chi connectivity index (χ4n) is 2.61. The van der Waals surface area contributed by atoms with Gasteiger partial charge in [-0.1, -0.05) is 0 Å². The molecule has 3 N–H and O–H groups in total. The monoisotopic (exact) mass is 264 g/mol. The van der Waals surface area contributed by atoms with Crippen molar-refractivity contribution in [2.24, 2.45) is 11.7 Å². The second-order valence-corrected chi connectivity index (χ2v) is 4.97. The van der Waals surface area contributed by atoms with Gasteiger partial charge < -0.3 is 25.2 Å². The molecule has 0 aliphatic carbocycles. The minimum atomic E-state index is -0.791. The van der Waals surface area contributed by atoms with Crippen molar-refractivity contribution in [1.29, 1.82) is 0 Å². The van der Waals surface area contributed by atoms with Gasteiger partial charge in [0.2, 0.25) is 6.79 Å². The predicted molar refractivity (Wildman–Crippen MR) is 68.5 cm³/mol. The van der Waals surface area contributed by atoms with E-state index in [4.69, 9.17) is 20.3 Å². The van der Waals surface area contributed by atoms with Crippen LogP contribution in [0.4, 0.5) is 5.69 Å². The van der Waals surface area contributed by atoms with E-state index in [-0.39, 0.29) is 12.8 Å². The summed E-state index contributed by atoms with van der Waals surface area (Å²) in [5.41, 5.74) is 6.86. The van der Waals surface area contributed by atoms with E-state index in [1.54, 1.807) is 0 Å². The van der Waals surface area contributed by atoms with Crippen LogP contribution in [0.1, 0.15) is 6.42 Å². The molecule has 0 aromatic heterocycles. The smallest absolute Gasteiger partial charge is 0.308 e. The highest BCUT2D eigenvalue weighted by Crippen LogP contribution is 2.36. The lowest BCUT2D eigenvalue weighted by Gasteiger charge is -2.36. The highest BCUT2D eigenvalue weighted by molar-refractivity contribution is 5.72. The normalized spacial score (nSPS) is 25.4. The number of nitrogens with zero attached hydrogens (tertiary/aromatic N) is 1. The van der Waals surface area contributed by atoms with Crippen LogP contribution in [0.5, 0.6) is 11.5 Å². The van der Waals surface area contributed by atoms with Gasteiger partial charge in [0.05, 0.1) is 5.92 Å². The summed E-state index contributed by atoms with van der Waals surface area (Å²) < 4.78 is 10.6. The van der Waals surface area contributed by atoms with Gasteiger partial charge in [-0.3, -0.25) is 4.79 Å². The third kappa shape index (κ3) is 2.31. The molecule has 6 heteroatoms. The Hall–Kier alpha value is -1.95. The number of hydrogen-bond acceptors (Lipinski definition) is 5. The van der Waals surface area contributed by atoms with Gasteiger partial charge >= 0.3 is 5.97 Å².